The smallest absolute Gasteiger partial charge is 0.322 e. The quantitative estimate of drug-likeness (QED) is 0.884. The summed E-state index contributed by atoms with van der Waals surface area (Å²) in [4.78, 5) is 14.7. The molecule has 0 bridgehead atoms. The van der Waals surface area contributed by atoms with Crippen LogP contribution in [0.4, 0.5) is 5.95 Å². The van der Waals surface area contributed by atoms with Crippen molar-refractivity contribution in [2.75, 3.05) is 5.32 Å². The summed E-state index contributed by atoms with van der Waals surface area (Å²) in [6, 6.07) is 4.48. The van der Waals surface area contributed by atoms with Crippen LogP contribution in [-0.4, -0.2) is 21.1 Å². The molecule has 108 valence electrons. The molecule has 0 spiro atoms. The van der Waals surface area contributed by atoms with E-state index in [-0.39, 0.29) is 17.4 Å². The van der Waals surface area contributed by atoms with E-state index in [1.54, 1.807) is 11.3 Å². The SMILES string of the molecule is CCc1ccc(CNc2nc(Cl)nc(OC(C)C)n2)s1. The van der Waals surface area contributed by atoms with E-state index >= 15 is 0 Å². The molecule has 0 fully saturated rings. The first-order valence-electron chi connectivity index (χ1n) is 6.46. The van der Waals surface area contributed by atoms with Gasteiger partial charge in [-0.05, 0) is 44.0 Å². The molecule has 0 aromatic carbocycles. The number of rotatable bonds is 6. The van der Waals surface area contributed by atoms with Gasteiger partial charge in [0.25, 0.3) is 0 Å². The fourth-order valence-electron chi connectivity index (χ4n) is 1.55. The second-order valence-electron chi connectivity index (χ2n) is 4.45. The highest BCUT2D eigenvalue weighted by Crippen LogP contribution is 2.18. The molecule has 1 N–H and O–H groups in total. The molecule has 0 radical (unpaired) electrons. The topological polar surface area (TPSA) is 59.9 Å². The van der Waals surface area contributed by atoms with E-state index in [1.807, 2.05) is 13.8 Å². The van der Waals surface area contributed by atoms with Crippen LogP contribution in [0.25, 0.3) is 0 Å². The van der Waals surface area contributed by atoms with Gasteiger partial charge in [-0.25, -0.2) is 0 Å². The number of aromatic nitrogens is 3. The molecule has 5 nitrogen and oxygen atoms in total. The van der Waals surface area contributed by atoms with Gasteiger partial charge in [0.1, 0.15) is 0 Å². The average Bonchev–Trinajstić information content (AvgIpc) is 2.83. The number of ether oxygens (including phenoxy) is 1. The summed E-state index contributed by atoms with van der Waals surface area (Å²) in [6.07, 6.45) is 1.04. The zero-order chi connectivity index (χ0) is 14.5. The Morgan fingerprint density at radius 3 is 2.65 bits per heavy atom. The van der Waals surface area contributed by atoms with Gasteiger partial charge in [-0.1, -0.05) is 6.92 Å². The summed E-state index contributed by atoms with van der Waals surface area (Å²) in [5.74, 6) is 0.423. The van der Waals surface area contributed by atoms with Crippen LogP contribution in [0, 0.1) is 0 Å². The number of halogens is 1. The molecule has 2 rings (SSSR count). The lowest BCUT2D eigenvalue weighted by molar-refractivity contribution is 0.222. The van der Waals surface area contributed by atoms with Gasteiger partial charge in [0.05, 0.1) is 12.6 Å². The molecular weight excluding hydrogens is 296 g/mol. The maximum Gasteiger partial charge on any atom is 0.322 e. The van der Waals surface area contributed by atoms with Crippen molar-refractivity contribution in [2.45, 2.75) is 39.8 Å². The van der Waals surface area contributed by atoms with Crippen molar-refractivity contribution in [1.29, 1.82) is 0 Å². The van der Waals surface area contributed by atoms with Crippen LogP contribution >= 0.6 is 22.9 Å². The average molecular weight is 313 g/mol. The Bertz CT molecular complexity index is 573. The van der Waals surface area contributed by atoms with Gasteiger partial charge in [0.15, 0.2) is 0 Å². The molecule has 0 amide bonds. The first-order chi connectivity index (χ1) is 9.56. The van der Waals surface area contributed by atoms with E-state index in [9.17, 15) is 0 Å². The number of thiophene rings is 1. The molecule has 0 aliphatic rings. The largest absolute Gasteiger partial charge is 0.461 e. The molecule has 7 heteroatoms. The number of hydrogen-bond acceptors (Lipinski definition) is 6. The zero-order valence-corrected chi connectivity index (χ0v) is 13.3. The highest BCUT2D eigenvalue weighted by atomic mass is 35.5. The molecule has 0 atom stereocenters. The van der Waals surface area contributed by atoms with Crippen LogP contribution in [0.15, 0.2) is 12.1 Å². The van der Waals surface area contributed by atoms with Gasteiger partial charge in [-0.2, -0.15) is 15.0 Å². The van der Waals surface area contributed by atoms with Crippen molar-refractivity contribution in [3.63, 3.8) is 0 Å². The molecule has 2 aromatic rings. The molecule has 0 aliphatic carbocycles. The van der Waals surface area contributed by atoms with Gasteiger partial charge in [-0.15, -0.1) is 11.3 Å². The molecule has 0 aliphatic heterocycles. The molecule has 20 heavy (non-hydrogen) atoms. The van der Waals surface area contributed by atoms with Crippen molar-refractivity contribution < 1.29 is 4.74 Å². The van der Waals surface area contributed by atoms with Crippen molar-refractivity contribution in [3.8, 4) is 6.01 Å². The van der Waals surface area contributed by atoms with Crippen molar-refractivity contribution in [3.05, 3.63) is 27.2 Å². The fraction of sp³-hybridized carbons (Fsp3) is 0.462. The van der Waals surface area contributed by atoms with Crippen LogP contribution in [0.3, 0.4) is 0 Å². The molecule has 2 aromatic heterocycles. The van der Waals surface area contributed by atoms with Gasteiger partial charge < -0.3 is 10.1 Å². The zero-order valence-electron chi connectivity index (χ0n) is 11.7. The Balaban J connectivity index is 2.03. The standard InChI is InChI=1S/C13H17ClN4OS/c1-4-9-5-6-10(20-9)7-15-12-16-11(14)17-13(18-12)19-8(2)3/h5-6,8H,4,7H2,1-3H3,(H,15,16,17,18). The number of aryl methyl sites for hydroxylation is 1. The molecule has 0 unspecified atom stereocenters. The van der Waals surface area contributed by atoms with E-state index in [2.05, 4.69) is 39.3 Å². The number of anilines is 1. The molecule has 0 saturated heterocycles. The molecular formula is C13H17ClN4OS. The maximum absolute atomic E-state index is 5.86. The normalized spacial score (nSPS) is 10.8. The minimum Gasteiger partial charge on any atom is -0.461 e. The van der Waals surface area contributed by atoms with Gasteiger partial charge in [0, 0.05) is 9.75 Å². The summed E-state index contributed by atoms with van der Waals surface area (Å²) < 4.78 is 5.43. The molecule has 2 heterocycles. The first kappa shape index (κ1) is 15.0. The lowest BCUT2D eigenvalue weighted by Gasteiger charge is -2.09. The second kappa shape index (κ2) is 6.85. The monoisotopic (exact) mass is 312 g/mol. The number of nitrogens with zero attached hydrogens (tertiary/aromatic N) is 3. The highest BCUT2D eigenvalue weighted by molar-refractivity contribution is 7.12. The van der Waals surface area contributed by atoms with E-state index < -0.39 is 0 Å². The van der Waals surface area contributed by atoms with Crippen LogP contribution in [-0.2, 0) is 13.0 Å². The Morgan fingerprint density at radius 1 is 1.25 bits per heavy atom. The van der Waals surface area contributed by atoms with Crippen molar-refractivity contribution in [2.24, 2.45) is 0 Å². The third-order valence-electron chi connectivity index (χ3n) is 2.42. The van der Waals surface area contributed by atoms with Crippen molar-refractivity contribution in [1.82, 2.24) is 15.0 Å². The summed E-state index contributed by atoms with van der Waals surface area (Å²) in [5, 5.41) is 3.26. The maximum atomic E-state index is 5.86. The van der Waals surface area contributed by atoms with Crippen LogP contribution < -0.4 is 10.1 Å². The van der Waals surface area contributed by atoms with E-state index in [4.69, 9.17) is 16.3 Å². The number of nitrogens with one attached hydrogen (secondary N) is 1. The Hall–Kier alpha value is -1.40. The Morgan fingerprint density at radius 2 is 2.00 bits per heavy atom. The summed E-state index contributed by atoms with van der Waals surface area (Å²) in [6.45, 7) is 6.61. The van der Waals surface area contributed by atoms with E-state index in [0.717, 1.165) is 6.42 Å². The Kier molecular flexibility index (Phi) is 5.14. The highest BCUT2D eigenvalue weighted by Gasteiger charge is 2.08. The van der Waals surface area contributed by atoms with Crippen molar-refractivity contribution >= 4 is 28.9 Å². The lowest BCUT2D eigenvalue weighted by Crippen LogP contribution is -2.11. The van der Waals surface area contributed by atoms with Crippen LogP contribution in [0.1, 0.15) is 30.5 Å². The predicted octanol–water partition coefficient (Wildman–Crippen LogP) is 3.55. The van der Waals surface area contributed by atoms with Gasteiger partial charge in [-0.3, -0.25) is 0 Å². The minimum atomic E-state index is -0.00859. The van der Waals surface area contributed by atoms with E-state index in [0.29, 0.717) is 12.5 Å². The van der Waals surface area contributed by atoms with Gasteiger partial charge >= 0.3 is 6.01 Å². The summed E-state index contributed by atoms with van der Waals surface area (Å²) in [5.41, 5.74) is 0. The minimum absolute atomic E-state index is 0.00859. The summed E-state index contributed by atoms with van der Waals surface area (Å²) >= 11 is 7.64. The number of hydrogen-bond donors (Lipinski definition) is 1. The fourth-order valence-corrected chi connectivity index (χ4v) is 2.60. The third-order valence-corrected chi connectivity index (χ3v) is 3.81. The first-order valence-corrected chi connectivity index (χ1v) is 7.66. The van der Waals surface area contributed by atoms with Crippen LogP contribution in [0.5, 0.6) is 6.01 Å². The Labute approximate surface area is 127 Å². The third kappa shape index (κ3) is 4.31. The summed E-state index contributed by atoms with van der Waals surface area (Å²) in [7, 11) is 0. The van der Waals surface area contributed by atoms with Gasteiger partial charge in [0.2, 0.25) is 11.2 Å². The predicted molar refractivity (Wildman–Crippen MR) is 81.6 cm³/mol. The molecule has 0 saturated carbocycles. The van der Waals surface area contributed by atoms with Crippen LogP contribution in [0.2, 0.25) is 5.28 Å². The van der Waals surface area contributed by atoms with E-state index in [1.165, 1.54) is 9.75 Å². The second-order valence-corrected chi connectivity index (χ2v) is 6.04. The lowest BCUT2D eigenvalue weighted by atomic mass is 10.4.